The number of furan rings is 1. The summed E-state index contributed by atoms with van der Waals surface area (Å²) in [5.74, 6) is 2.14. The number of hydrogen-bond donors (Lipinski definition) is 3. The van der Waals surface area contributed by atoms with Gasteiger partial charge in [-0.1, -0.05) is 24.3 Å². The van der Waals surface area contributed by atoms with Gasteiger partial charge < -0.3 is 24.9 Å². The molecule has 1 aromatic heterocycles. The number of aryl methyl sites for hydroxylation is 1. The first-order valence-electron chi connectivity index (χ1n) is 8.97. The molecule has 0 saturated heterocycles. The lowest BCUT2D eigenvalue weighted by molar-refractivity contribution is 0.373. The van der Waals surface area contributed by atoms with Gasteiger partial charge in [0.1, 0.15) is 11.3 Å². The van der Waals surface area contributed by atoms with Gasteiger partial charge in [0, 0.05) is 17.5 Å². The highest BCUT2D eigenvalue weighted by molar-refractivity contribution is 14.0. The molecule has 0 spiro atoms. The Morgan fingerprint density at radius 2 is 1.96 bits per heavy atom. The average molecular weight is 495 g/mol. The summed E-state index contributed by atoms with van der Waals surface area (Å²) in [5.41, 5.74) is 2.92. The van der Waals surface area contributed by atoms with Gasteiger partial charge in [-0.15, -0.1) is 24.0 Å². The molecule has 0 bridgehead atoms. The van der Waals surface area contributed by atoms with E-state index in [0.29, 0.717) is 24.8 Å². The molecule has 2 aromatic carbocycles. The molecule has 0 radical (unpaired) electrons. The first-order valence-corrected chi connectivity index (χ1v) is 8.97. The van der Waals surface area contributed by atoms with Crippen LogP contribution < -0.4 is 15.4 Å². The molecular formula is C21H26IN3O3. The molecule has 0 fully saturated rings. The maximum absolute atomic E-state index is 9.89. The lowest BCUT2D eigenvalue weighted by Crippen LogP contribution is -2.36. The SMILES string of the molecule is CCNC(=NCc1ccc(OC)c(O)c1)NCc1oc2ccccc2c1C.I. The number of hydrogen-bond acceptors (Lipinski definition) is 4. The summed E-state index contributed by atoms with van der Waals surface area (Å²) in [6.45, 7) is 5.81. The Balaban J connectivity index is 0.00000280. The number of guanidine groups is 1. The maximum atomic E-state index is 9.89. The fourth-order valence-electron chi connectivity index (χ4n) is 2.90. The van der Waals surface area contributed by atoms with E-state index >= 15 is 0 Å². The summed E-state index contributed by atoms with van der Waals surface area (Å²) in [7, 11) is 1.53. The van der Waals surface area contributed by atoms with Crippen LogP contribution in [0, 0.1) is 6.92 Å². The van der Waals surface area contributed by atoms with Crippen molar-refractivity contribution in [3.8, 4) is 11.5 Å². The van der Waals surface area contributed by atoms with Gasteiger partial charge in [0.05, 0.1) is 20.2 Å². The van der Waals surface area contributed by atoms with E-state index in [1.54, 1.807) is 12.1 Å². The second-order valence-corrected chi connectivity index (χ2v) is 6.20. The molecule has 3 N–H and O–H groups in total. The number of benzene rings is 2. The van der Waals surface area contributed by atoms with Crippen molar-refractivity contribution < 1.29 is 14.3 Å². The number of ether oxygens (including phenoxy) is 1. The van der Waals surface area contributed by atoms with Gasteiger partial charge >= 0.3 is 0 Å². The highest BCUT2D eigenvalue weighted by atomic mass is 127. The summed E-state index contributed by atoms with van der Waals surface area (Å²) in [5, 5.41) is 17.6. The highest BCUT2D eigenvalue weighted by Crippen LogP contribution is 2.26. The number of aliphatic imine (C=N–C) groups is 1. The van der Waals surface area contributed by atoms with E-state index < -0.39 is 0 Å². The Bertz CT molecular complexity index is 953. The third-order valence-corrected chi connectivity index (χ3v) is 4.37. The van der Waals surface area contributed by atoms with Gasteiger partial charge in [-0.3, -0.25) is 0 Å². The van der Waals surface area contributed by atoms with Crippen LogP contribution in [-0.4, -0.2) is 24.7 Å². The normalized spacial score (nSPS) is 11.2. The molecule has 6 nitrogen and oxygen atoms in total. The summed E-state index contributed by atoms with van der Waals surface area (Å²) in [4.78, 5) is 4.58. The molecule has 0 aliphatic carbocycles. The van der Waals surface area contributed by atoms with Gasteiger partial charge in [0.15, 0.2) is 17.5 Å². The van der Waals surface area contributed by atoms with Crippen LogP contribution in [0.1, 0.15) is 23.8 Å². The van der Waals surface area contributed by atoms with Crippen LogP contribution in [0.2, 0.25) is 0 Å². The molecule has 3 rings (SSSR count). The van der Waals surface area contributed by atoms with E-state index in [9.17, 15) is 5.11 Å². The van der Waals surface area contributed by atoms with Crippen molar-refractivity contribution in [3.05, 3.63) is 59.4 Å². The Labute approximate surface area is 182 Å². The lowest BCUT2D eigenvalue weighted by atomic mass is 10.1. The Morgan fingerprint density at radius 3 is 2.64 bits per heavy atom. The number of para-hydroxylation sites is 1. The van der Waals surface area contributed by atoms with Crippen LogP contribution in [0.25, 0.3) is 11.0 Å². The van der Waals surface area contributed by atoms with Crippen molar-refractivity contribution in [2.75, 3.05) is 13.7 Å². The van der Waals surface area contributed by atoms with Gasteiger partial charge in [-0.25, -0.2) is 4.99 Å². The molecule has 0 aliphatic heterocycles. The van der Waals surface area contributed by atoms with Crippen LogP contribution >= 0.6 is 24.0 Å². The summed E-state index contributed by atoms with van der Waals surface area (Å²) in [6, 6.07) is 13.3. The van der Waals surface area contributed by atoms with Crippen molar-refractivity contribution in [2.45, 2.75) is 26.9 Å². The van der Waals surface area contributed by atoms with Crippen molar-refractivity contribution in [3.63, 3.8) is 0 Å². The monoisotopic (exact) mass is 495 g/mol. The molecular weight excluding hydrogens is 469 g/mol. The second-order valence-electron chi connectivity index (χ2n) is 6.20. The molecule has 7 heteroatoms. The van der Waals surface area contributed by atoms with Gasteiger partial charge in [-0.05, 0) is 37.6 Å². The standard InChI is InChI=1S/C21H25N3O3.HI/c1-4-22-21(23-12-15-9-10-19(26-3)17(25)11-15)24-13-20-14(2)16-7-5-6-8-18(16)27-20;/h5-11,25H,4,12-13H2,1-3H3,(H2,22,23,24);1H. The van der Waals surface area contributed by atoms with E-state index in [1.165, 1.54) is 7.11 Å². The molecule has 0 aliphatic rings. The molecule has 1 heterocycles. The van der Waals surface area contributed by atoms with Crippen molar-refractivity contribution >= 4 is 40.9 Å². The number of phenolic OH excluding ortho intramolecular Hbond substituents is 1. The van der Waals surface area contributed by atoms with E-state index in [2.05, 4.69) is 28.6 Å². The summed E-state index contributed by atoms with van der Waals surface area (Å²) < 4.78 is 11.0. The third-order valence-electron chi connectivity index (χ3n) is 4.37. The average Bonchev–Trinajstić information content (AvgIpc) is 3.00. The Morgan fingerprint density at radius 1 is 1.18 bits per heavy atom. The zero-order valence-electron chi connectivity index (χ0n) is 16.3. The molecule has 0 amide bonds. The number of halogens is 1. The minimum absolute atomic E-state index is 0. The van der Waals surface area contributed by atoms with E-state index in [1.807, 2.05) is 31.2 Å². The smallest absolute Gasteiger partial charge is 0.191 e. The maximum Gasteiger partial charge on any atom is 0.191 e. The third kappa shape index (κ3) is 5.09. The number of nitrogens with one attached hydrogen (secondary N) is 2. The Kier molecular flexibility index (Phi) is 7.98. The number of phenols is 1. The minimum atomic E-state index is 0. The number of rotatable bonds is 6. The van der Waals surface area contributed by atoms with Gasteiger partial charge in [0.2, 0.25) is 0 Å². The highest BCUT2D eigenvalue weighted by Gasteiger charge is 2.10. The Hall–Kier alpha value is -2.42. The predicted octanol–water partition coefficient (Wildman–Crippen LogP) is 4.33. The molecule has 28 heavy (non-hydrogen) atoms. The van der Waals surface area contributed by atoms with Gasteiger partial charge in [0.25, 0.3) is 0 Å². The molecule has 0 atom stereocenters. The molecule has 3 aromatic rings. The predicted molar refractivity (Wildman–Crippen MR) is 123 cm³/mol. The fraction of sp³-hybridized carbons (Fsp3) is 0.286. The van der Waals surface area contributed by atoms with E-state index in [4.69, 9.17) is 9.15 Å². The molecule has 0 unspecified atom stereocenters. The topological polar surface area (TPSA) is 79.0 Å². The summed E-state index contributed by atoms with van der Waals surface area (Å²) >= 11 is 0. The van der Waals surface area contributed by atoms with Crippen LogP contribution in [0.4, 0.5) is 0 Å². The number of aromatic hydroxyl groups is 1. The second kappa shape index (κ2) is 10.2. The van der Waals surface area contributed by atoms with E-state index in [-0.39, 0.29) is 29.7 Å². The lowest BCUT2D eigenvalue weighted by Gasteiger charge is -2.11. The fourth-order valence-corrected chi connectivity index (χ4v) is 2.90. The van der Waals surface area contributed by atoms with Crippen LogP contribution in [-0.2, 0) is 13.1 Å². The zero-order valence-corrected chi connectivity index (χ0v) is 18.6. The number of methoxy groups -OCH3 is 1. The van der Waals surface area contributed by atoms with E-state index in [0.717, 1.165) is 34.4 Å². The molecule has 150 valence electrons. The zero-order chi connectivity index (χ0) is 19.2. The number of fused-ring (bicyclic) bond motifs is 1. The molecule has 0 saturated carbocycles. The van der Waals surface area contributed by atoms with Crippen molar-refractivity contribution in [1.82, 2.24) is 10.6 Å². The minimum Gasteiger partial charge on any atom is -0.504 e. The van der Waals surface area contributed by atoms with Crippen LogP contribution in [0.3, 0.4) is 0 Å². The number of nitrogens with zero attached hydrogens (tertiary/aromatic N) is 1. The van der Waals surface area contributed by atoms with Gasteiger partial charge in [-0.2, -0.15) is 0 Å². The van der Waals surface area contributed by atoms with Crippen molar-refractivity contribution in [1.29, 1.82) is 0 Å². The first kappa shape index (κ1) is 21.9. The first-order chi connectivity index (χ1) is 13.1. The quantitative estimate of drug-likeness (QED) is 0.270. The largest absolute Gasteiger partial charge is 0.504 e. The van der Waals surface area contributed by atoms with Crippen LogP contribution in [0.5, 0.6) is 11.5 Å². The van der Waals surface area contributed by atoms with Crippen LogP contribution in [0.15, 0.2) is 51.9 Å². The van der Waals surface area contributed by atoms with Crippen molar-refractivity contribution in [2.24, 2.45) is 4.99 Å². The summed E-state index contributed by atoms with van der Waals surface area (Å²) in [6.07, 6.45) is 0.